The Morgan fingerprint density at radius 2 is 2.04 bits per heavy atom. The molecular formula is C20H23N5O2S. The maximum absolute atomic E-state index is 10.7. The maximum Gasteiger partial charge on any atom is 0.185 e. The minimum Gasteiger partial charge on any atom is -0.486 e. The molecule has 0 radical (unpaired) electrons. The van der Waals surface area contributed by atoms with Crippen LogP contribution in [0.1, 0.15) is 18.5 Å². The lowest BCUT2D eigenvalue weighted by Crippen LogP contribution is -2.42. The topological polar surface area (TPSA) is 76.3 Å². The summed E-state index contributed by atoms with van der Waals surface area (Å²) in [6, 6.07) is 3.82. The van der Waals surface area contributed by atoms with E-state index >= 15 is 0 Å². The molecule has 8 heteroatoms. The predicted molar refractivity (Wildman–Crippen MR) is 107 cm³/mol. The Hall–Kier alpha value is -2.45. The average molecular weight is 398 g/mol. The Morgan fingerprint density at radius 1 is 1.14 bits per heavy atom. The summed E-state index contributed by atoms with van der Waals surface area (Å²) in [5, 5.41) is 13.8. The molecule has 4 atom stereocenters. The molecule has 1 saturated carbocycles. The number of aliphatic hydroxyl groups excluding tert-OH is 1. The number of aromatic nitrogens is 4. The molecule has 5 rings (SSSR count). The number of imidazole rings is 1. The fourth-order valence-corrected chi connectivity index (χ4v) is 5.07. The van der Waals surface area contributed by atoms with Crippen LogP contribution in [-0.2, 0) is 6.54 Å². The number of anilines is 1. The van der Waals surface area contributed by atoms with Crippen molar-refractivity contribution in [2.45, 2.75) is 31.6 Å². The van der Waals surface area contributed by atoms with E-state index < -0.39 is 6.10 Å². The van der Waals surface area contributed by atoms with Gasteiger partial charge in [-0.2, -0.15) is 0 Å². The molecule has 1 aliphatic heterocycles. The molecule has 0 amide bonds. The molecule has 28 heavy (non-hydrogen) atoms. The van der Waals surface area contributed by atoms with Crippen molar-refractivity contribution in [2.24, 2.45) is 11.8 Å². The SMILES string of the molecule is O[C@@H]1C[C@H]2CN(c3nccs3)C[C@H]2C[C@H]1Oc1cccnc1Cn1ccnc1. The van der Waals surface area contributed by atoms with E-state index in [-0.39, 0.29) is 6.10 Å². The number of rotatable bonds is 5. The Balaban J connectivity index is 1.29. The normalized spacial score (nSPS) is 27.0. The second kappa shape index (κ2) is 7.52. The molecule has 0 spiro atoms. The summed E-state index contributed by atoms with van der Waals surface area (Å²) < 4.78 is 8.27. The largest absolute Gasteiger partial charge is 0.486 e. The second-order valence-corrected chi connectivity index (χ2v) is 8.49. The Morgan fingerprint density at radius 3 is 2.82 bits per heavy atom. The van der Waals surface area contributed by atoms with Gasteiger partial charge in [-0.15, -0.1) is 11.3 Å². The molecule has 2 fully saturated rings. The van der Waals surface area contributed by atoms with Gasteiger partial charge in [0, 0.05) is 43.3 Å². The van der Waals surface area contributed by atoms with E-state index in [0.29, 0.717) is 18.4 Å². The zero-order valence-electron chi connectivity index (χ0n) is 15.5. The summed E-state index contributed by atoms with van der Waals surface area (Å²) >= 11 is 1.68. The van der Waals surface area contributed by atoms with Crippen molar-refractivity contribution in [3.8, 4) is 5.75 Å². The van der Waals surface area contributed by atoms with E-state index in [4.69, 9.17) is 4.74 Å². The monoisotopic (exact) mass is 397 g/mol. The van der Waals surface area contributed by atoms with Crippen molar-refractivity contribution >= 4 is 16.5 Å². The minimum atomic E-state index is -0.459. The van der Waals surface area contributed by atoms with E-state index in [1.54, 1.807) is 30.1 Å². The van der Waals surface area contributed by atoms with E-state index in [0.717, 1.165) is 42.5 Å². The van der Waals surface area contributed by atoms with Crippen LogP contribution in [-0.4, -0.2) is 49.9 Å². The Kier molecular flexibility index (Phi) is 4.74. The molecule has 4 heterocycles. The first-order valence-electron chi connectivity index (χ1n) is 9.65. The summed E-state index contributed by atoms with van der Waals surface area (Å²) in [6.07, 6.45) is 10.0. The fraction of sp³-hybridized carbons (Fsp3) is 0.450. The number of hydrogen-bond donors (Lipinski definition) is 1. The molecule has 146 valence electrons. The molecule has 0 unspecified atom stereocenters. The van der Waals surface area contributed by atoms with Crippen LogP contribution in [0.4, 0.5) is 5.13 Å². The van der Waals surface area contributed by atoms with E-state index in [2.05, 4.69) is 19.9 Å². The molecule has 1 aliphatic carbocycles. The third-order valence-electron chi connectivity index (χ3n) is 5.79. The van der Waals surface area contributed by atoms with Gasteiger partial charge in [0.25, 0.3) is 0 Å². The van der Waals surface area contributed by atoms with Crippen LogP contribution >= 0.6 is 11.3 Å². The van der Waals surface area contributed by atoms with E-state index in [1.165, 1.54) is 0 Å². The highest BCUT2D eigenvalue weighted by Gasteiger charge is 2.43. The lowest BCUT2D eigenvalue weighted by atomic mass is 9.78. The first kappa shape index (κ1) is 17.6. The Bertz CT molecular complexity index is 901. The van der Waals surface area contributed by atoms with Crippen LogP contribution in [0, 0.1) is 11.8 Å². The van der Waals surface area contributed by atoms with Crippen molar-refractivity contribution in [2.75, 3.05) is 18.0 Å². The predicted octanol–water partition coefficient (Wildman–Crippen LogP) is 2.44. The van der Waals surface area contributed by atoms with Gasteiger partial charge in [0.15, 0.2) is 5.13 Å². The molecule has 3 aromatic heterocycles. The summed E-state index contributed by atoms with van der Waals surface area (Å²) in [4.78, 5) is 15.4. The van der Waals surface area contributed by atoms with Crippen molar-refractivity contribution < 1.29 is 9.84 Å². The zero-order chi connectivity index (χ0) is 18.9. The summed E-state index contributed by atoms with van der Waals surface area (Å²) in [5.41, 5.74) is 0.852. The molecule has 1 N–H and O–H groups in total. The van der Waals surface area contributed by atoms with Crippen molar-refractivity contribution in [3.63, 3.8) is 0 Å². The van der Waals surface area contributed by atoms with Gasteiger partial charge in [-0.1, -0.05) is 0 Å². The van der Waals surface area contributed by atoms with Crippen molar-refractivity contribution in [1.29, 1.82) is 0 Å². The maximum atomic E-state index is 10.7. The van der Waals surface area contributed by atoms with Gasteiger partial charge in [0.05, 0.1) is 19.0 Å². The number of ether oxygens (including phenoxy) is 1. The van der Waals surface area contributed by atoms with Gasteiger partial charge in [0.2, 0.25) is 0 Å². The van der Waals surface area contributed by atoms with Gasteiger partial charge >= 0.3 is 0 Å². The molecule has 3 aromatic rings. The van der Waals surface area contributed by atoms with Crippen LogP contribution in [0.3, 0.4) is 0 Å². The van der Waals surface area contributed by atoms with Gasteiger partial charge in [-0.25, -0.2) is 9.97 Å². The highest BCUT2D eigenvalue weighted by molar-refractivity contribution is 7.13. The fourth-order valence-electron chi connectivity index (χ4n) is 4.41. The highest BCUT2D eigenvalue weighted by Crippen LogP contribution is 2.40. The number of thiazole rings is 1. The second-order valence-electron chi connectivity index (χ2n) is 7.62. The van der Waals surface area contributed by atoms with Crippen LogP contribution in [0.15, 0.2) is 48.6 Å². The average Bonchev–Trinajstić information content (AvgIpc) is 3.44. The smallest absolute Gasteiger partial charge is 0.185 e. The van der Waals surface area contributed by atoms with E-state index in [1.807, 2.05) is 34.5 Å². The molecule has 2 aliphatic rings. The zero-order valence-corrected chi connectivity index (χ0v) is 16.3. The first-order chi connectivity index (χ1) is 13.8. The quantitative estimate of drug-likeness (QED) is 0.713. The highest BCUT2D eigenvalue weighted by atomic mass is 32.1. The number of nitrogens with zero attached hydrogens (tertiary/aromatic N) is 5. The molecule has 0 bridgehead atoms. The van der Waals surface area contributed by atoms with Gasteiger partial charge in [-0.3, -0.25) is 4.98 Å². The lowest BCUT2D eigenvalue weighted by molar-refractivity contribution is -0.0237. The van der Waals surface area contributed by atoms with Gasteiger partial charge in [-0.05, 0) is 36.8 Å². The number of pyridine rings is 1. The Labute approximate surface area is 167 Å². The summed E-state index contributed by atoms with van der Waals surface area (Å²) in [6.45, 7) is 2.56. The molecule has 0 aromatic carbocycles. The number of aliphatic hydroxyl groups is 1. The summed E-state index contributed by atoms with van der Waals surface area (Å²) in [5.74, 6) is 1.76. The third-order valence-corrected chi connectivity index (χ3v) is 6.63. The van der Waals surface area contributed by atoms with Crippen LogP contribution < -0.4 is 9.64 Å². The standard InChI is InChI=1S/C20H23N5O2S/c26-17-8-14-10-25(20-23-5-7-28-20)11-15(14)9-19(17)27-18-2-1-3-22-16(18)12-24-6-4-21-13-24/h1-7,13-15,17,19,26H,8-12H2/t14-,15+,17+,19+/m0/s1. The molecular weight excluding hydrogens is 374 g/mol. The van der Waals surface area contributed by atoms with Crippen LogP contribution in [0.5, 0.6) is 5.75 Å². The van der Waals surface area contributed by atoms with Crippen molar-refractivity contribution in [3.05, 3.63) is 54.3 Å². The van der Waals surface area contributed by atoms with Crippen LogP contribution in [0.25, 0.3) is 0 Å². The van der Waals surface area contributed by atoms with Crippen LogP contribution in [0.2, 0.25) is 0 Å². The van der Waals surface area contributed by atoms with Gasteiger partial charge in [0.1, 0.15) is 17.5 Å². The minimum absolute atomic E-state index is 0.205. The first-order valence-corrected chi connectivity index (χ1v) is 10.5. The van der Waals surface area contributed by atoms with Crippen molar-refractivity contribution in [1.82, 2.24) is 19.5 Å². The lowest BCUT2D eigenvalue weighted by Gasteiger charge is -2.35. The van der Waals surface area contributed by atoms with E-state index in [9.17, 15) is 5.11 Å². The number of fused-ring (bicyclic) bond motifs is 1. The third kappa shape index (κ3) is 3.49. The summed E-state index contributed by atoms with van der Waals surface area (Å²) in [7, 11) is 0. The van der Waals surface area contributed by atoms with Gasteiger partial charge < -0.3 is 19.3 Å². The molecule has 7 nitrogen and oxygen atoms in total. The number of hydrogen-bond acceptors (Lipinski definition) is 7. The molecule has 1 saturated heterocycles.